The molecule has 1 aliphatic heterocycles. The second-order valence-corrected chi connectivity index (χ2v) is 7.98. The smallest absolute Gasteiger partial charge is 0.342 e. The van der Waals surface area contributed by atoms with Gasteiger partial charge < -0.3 is 9.64 Å². The predicted molar refractivity (Wildman–Crippen MR) is 121 cm³/mol. The Kier molecular flexibility index (Phi) is 6.21. The van der Waals surface area contributed by atoms with Crippen molar-refractivity contribution in [2.24, 2.45) is 0 Å². The normalized spacial score (nSPS) is 12.8. The van der Waals surface area contributed by atoms with Gasteiger partial charge in [-0.05, 0) is 43.9 Å². The molecule has 0 N–H and O–H groups in total. The summed E-state index contributed by atoms with van der Waals surface area (Å²) in [6.07, 6.45) is 1.33. The molecule has 0 bridgehead atoms. The predicted octanol–water partition coefficient (Wildman–Crippen LogP) is 3.59. The number of aromatic nitrogens is 2. The van der Waals surface area contributed by atoms with Gasteiger partial charge in [0.1, 0.15) is 5.56 Å². The maximum Gasteiger partial charge on any atom is 0.342 e. The summed E-state index contributed by atoms with van der Waals surface area (Å²) in [5.74, 6) is -0.969. The number of aryl methyl sites for hydroxylation is 2. The number of hydrogen-bond donors (Lipinski definition) is 0. The van der Waals surface area contributed by atoms with E-state index in [1.165, 1.54) is 17.0 Å². The van der Waals surface area contributed by atoms with E-state index in [2.05, 4.69) is 5.10 Å². The number of nitrogens with zero attached hydrogens (tertiary/aromatic N) is 4. The van der Waals surface area contributed by atoms with Gasteiger partial charge in [0.05, 0.1) is 22.9 Å². The largest absolute Gasteiger partial charge is 0.452 e. The molecule has 0 radical (unpaired) electrons. The van der Waals surface area contributed by atoms with E-state index in [1.807, 2.05) is 30.3 Å². The van der Waals surface area contributed by atoms with Crippen LogP contribution in [0.3, 0.4) is 0 Å². The second kappa shape index (κ2) is 9.23. The summed E-state index contributed by atoms with van der Waals surface area (Å²) >= 11 is 0. The topological polar surface area (TPSA) is 108 Å². The van der Waals surface area contributed by atoms with Gasteiger partial charge in [0.2, 0.25) is 0 Å². The molecule has 33 heavy (non-hydrogen) atoms. The zero-order valence-corrected chi connectivity index (χ0v) is 18.5. The first-order valence-corrected chi connectivity index (χ1v) is 10.7. The number of nitro groups is 1. The van der Waals surface area contributed by atoms with Gasteiger partial charge in [0.25, 0.3) is 11.6 Å². The van der Waals surface area contributed by atoms with Gasteiger partial charge in [0.15, 0.2) is 6.61 Å². The van der Waals surface area contributed by atoms with Crippen LogP contribution >= 0.6 is 0 Å². The van der Waals surface area contributed by atoms with Crippen molar-refractivity contribution in [2.75, 3.05) is 18.1 Å². The minimum Gasteiger partial charge on any atom is -0.452 e. The number of rotatable bonds is 6. The number of anilines is 1. The van der Waals surface area contributed by atoms with Crippen LogP contribution in [0.4, 0.5) is 11.4 Å². The summed E-state index contributed by atoms with van der Waals surface area (Å²) in [5.41, 5.74) is 3.98. The second-order valence-electron chi connectivity index (χ2n) is 7.98. The Balaban J connectivity index is 1.45. The van der Waals surface area contributed by atoms with Gasteiger partial charge in [-0.1, -0.05) is 30.3 Å². The highest BCUT2D eigenvalue weighted by atomic mass is 16.6. The number of fused-ring (bicyclic) bond motifs is 1. The third-order valence-corrected chi connectivity index (χ3v) is 5.78. The number of esters is 1. The van der Waals surface area contributed by atoms with Crippen molar-refractivity contribution in [3.8, 4) is 0 Å². The Hall–Kier alpha value is -4.01. The molecule has 2 aromatic carbocycles. The van der Waals surface area contributed by atoms with Crippen LogP contribution < -0.4 is 4.90 Å². The van der Waals surface area contributed by atoms with Crippen LogP contribution in [0.15, 0.2) is 48.5 Å². The minimum atomic E-state index is -0.599. The zero-order valence-electron chi connectivity index (χ0n) is 18.5. The summed E-state index contributed by atoms with van der Waals surface area (Å²) in [5, 5.41) is 15.5. The Morgan fingerprint density at radius 1 is 1.15 bits per heavy atom. The average molecular weight is 448 g/mol. The molecular weight excluding hydrogens is 424 g/mol. The number of non-ortho nitro benzene ring substituents is 1. The van der Waals surface area contributed by atoms with Crippen LogP contribution in [0, 0.1) is 24.0 Å². The lowest BCUT2D eigenvalue weighted by Gasteiger charge is -2.29. The molecule has 0 saturated carbocycles. The molecule has 0 spiro atoms. The van der Waals surface area contributed by atoms with Crippen molar-refractivity contribution in [3.05, 3.63) is 86.7 Å². The fourth-order valence-corrected chi connectivity index (χ4v) is 4.14. The van der Waals surface area contributed by atoms with E-state index in [9.17, 15) is 19.7 Å². The molecule has 1 amide bonds. The van der Waals surface area contributed by atoms with E-state index < -0.39 is 17.5 Å². The van der Waals surface area contributed by atoms with E-state index in [0.29, 0.717) is 48.6 Å². The summed E-state index contributed by atoms with van der Waals surface area (Å²) in [6.45, 7) is 4.11. The highest BCUT2D eigenvalue weighted by molar-refractivity contribution is 5.98. The fourth-order valence-electron chi connectivity index (χ4n) is 4.14. The average Bonchev–Trinajstić information content (AvgIpc) is 3.09. The molecule has 1 aromatic heterocycles. The van der Waals surface area contributed by atoms with Crippen LogP contribution in [0.25, 0.3) is 0 Å². The minimum absolute atomic E-state index is 0.00654. The van der Waals surface area contributed by atoms with Crippen molar-refractivity contribution in [2.45, 2.75) is 33.2 Å². The molecule has 0 atom stereocenters. The van der Waals surface area contributed by atoms with Gasteiger partial charge in [-0.15, -0.1) is 0 Å². The Morgan fingerprint density at radius 3 is 2.64 bits per heavy atom. The number of benzene rings is 2. The van der Waals surface area contributed by atoms with Gasteiger partial charge >= 0.3 is 5.97 Å². The fraction of sp³-hybridized carbons (Fsp3) is 0.292. The number of ether oxygens (including phenoxy) is 1. The first kappa shape index (κ1) is 22.2. The number of amides is 1. The van der Waals surface area contributed by atoms with E-state index >= 15 is 0 Å². The van der Waals surface area contributed by atoms with E-state index in [1.54, 1.807) is 24.6 Å². The van der Waals surface area contributed by atoms with Crippen LogP contribution in [-0.4, -0.2) is 39.7 Å². The summed E-state index contributed by atoms with van der Waals surface area (Å²) < 4.78 is 7.10. The maximum absolute atomic E-state index is 12.8. The maximum atomic E-state index is 12.8. The van der Waals surface area contributed by atoms with Crippen molar-refractivity contribution in [3.63, 3.8) is 0 Å². The number of carbonyl (C=O) groups excluding carboxylic acids is 2. The molecular formula is C24H24N4O5. The Morgan fingerprint density at radius 2 is 1.91 bits per heavy atom. The van der Waals surface area contributed by atoms with E-state index in [-0.39, 0.29) is 11.6 Å². The molecule has 0 saturated heterocycles. The van der Waals surface area contributed by atoms with Crippen molar-refractivity contribution in [1.29, 1.82) is 0 Å². The first-order valence-electron chi connectivity index (χ1n) is 10.7. The zero-order chi connectivity index (χ0) is 23.5. The molecule has 9 heteroatoms. The molecule has 0 aliphatic carbocycles. The van der Waals surface area contributed by atoms with Gasteiger partial charge in [-0.3, -0.25) is 19.6 Å². The van der Waals surface area contributed by atoms with Crippen LogP contribution in [0.2, 0.25) is 0 Å². The lowest BCUT2D eigenvalue weighted by Crippen LogP contribution is -2.38. The van der Waals surface area contributed by atoms with E-state index in [4.69, 9.17) is 4.74 Å². The highest BCUT2D eigenvalue weighted by Gasteiger charge is 2.26. The summed E-state index contributed by atoms with van der Waals surface area (Å²) in [7, 11) is 0. The Bertz CT molecular complexity index is 1220. The highest BCUT2D eigenvalue weighted by Crippen LogP contribution is 2.30. The van der Waals surface area contributed by atoms with Crippen LogP contribution in [0.5, 0.6) is 0 Å². The molecule has 4 rings (SSSR count). The van der Waals surface area contributed by atoms with Gasteiger partial charge in [-0.2, -0.15) is 5.10 Å². The standard InChI is InChI=1S/C24H24N4O5/c1-16-23(17(2)27(25-16)14-18-7-4-3-5-8-18)24(30)33-15-22(29)26-12-6-9-19-13-20(28(31)32)10-11-21(19)26/h3-5,7-8,10-11,13H,6,9,12,14-15H2,1-2H3. The molecule has 0 fully saturated rings. The number of hydrogen-bond acceptors (Lipinski definition) is 6. The first-order chi connectivity index (χ1) is 15.8. The molecule has 0 unspecified atom stereocenters. The van der Waals surface area contributed by atoms with Crippen LogP contribution in [-0.2, 0) is 22.5 Å². The quantitative estimate of drug-likeness (QED) is 0.324. The molecule has 9 nitrogen and oxygen atoms in total. The number of carbonyl (C=O) groups is 2. The lowest BCUT2D eigenvalue weighted by atomic mass is 10.0. The van der Waals surface area contributed by atoms with E-state index in [0.717, 1.165) is 11.1 Å². The molecule has 1 aliphatic rings. The number of nitro benzene ring substituents is 1. The Labute approximate surface area is 190 Å². The third kappa shape index (κ3) is 4.62. The molecule has 170 valence electrons. The van der Waals surface area contributed by atoms with Crippen molar-refractivity contribution < 1.29 is 19.2 Å². The van der Waals surface area contributed by atoms with Crippen molar-refractivity contribution in [1.82, 2.24) is 9.78 Å². The van der Waals surface area contributed by atoms with Crippen molar-refractivity contribution >= 4 is 23.3 Å². The van der Waals surface area contributed by atoms with Gasteiger partial charge in [-0.25, -0.2) is 4.79 Å². The van der Waals surface area contributed by atoms with Crippen LogP contribution in [0.1, 0.15) is 39.3 Å². The monoisotopic (exact) mass is 448 g/mol. The molecule has 3 aromatic rings. The molecule has 2 heterocycles. The summed E-state index contributed by atoms with van der Waals surface area (Å²) in [4.78, 5) is 37.7. The van der Waals surface area contributed by atoms with Gasteiger partial charge in [0, 0.05) is 24.4 Å². The SMILES string of the molecule is Cc1nn(Cc2ccccc2)c(C)c1C(=O)OCC(=O)N1CCCc2cc([N+](=O)[O-])ccc21. The third-order valence-electron chi connectivity index (χ3n) is 5.78. The lowest BCUT2D eigenvalue weighted by molar-refractivity contribution is -0.384. The summed E-state index contributed by atoms with van der Waals surface area (Å²) in [6, 6.07) is 14.2.